The van der Waals surface area contributed by atoms with Gasteiger partial charge in [-0.15, -0.1) is 5.10 Å². The maximum absolute atomic E-state index is 12.9. The van der Waals surface area contributed by atoms with Gasteiger partial charge in [0, 0.05) is 69.1 Å². The van der Waals surface area contributed by atoms with Crippen LogP contribution in [0.2, 0.25) is 0 Å². The van der Waals surface area contributed by atoms with Crippen molar-refractivity contribution in [2.24, 2.45) is 0 Å². The maximum atomic E-state index is 12.9. The van der Waals surface area contributed by atoms with Crippen LogP contribution in [0.5, 0.6) is 0 Å². The van der Waals surface area contributed by atoms with Gasteiger partial charge in [0.05, 0.1) is 17.6 Å². The molecule has 10 nitrogen and oxygen atoms in total. The summed E-state index contributed by atoms with van der Waals surface area (Å²) in [6, 6.07) is 10.4. The molecule has 4 aromatic rings. The summed E-state index contributed by atoms with van der Waals surface area (Å²) in [5.41, 5.74) is 1.97. The van der Waals surface area contributed by atoms with Gasteiger partial charge in [-0.1, -0.05) is 0 Å². The van der Waals surface area contributed by atoms with E-state index in [2.05, 4.69) is 25.1 Å². The summed E-state index contributed by atoms with van der Waals surface area (Å²) in [6.45, 7) is 3.91. The van der Waals surface area contributed by atoms with Crippen molar-refractivity contribution < 1.29 is 4.79 Å². The van der Waals surface area contributed by atoms with Crippen LogP contribution in [0.1, 0.15) is 10.4 Å². The van der Waals surface area contributed by atoms with Gasteiger partial charge in [0.2, 0.25) is 0 Å². The lowest BCUT2D eigenvalue weighted by Crippen LogP contribution is -2.49. The molecule has 1 aliphatic rings. The number of fused-ring (bicyclic) bond motifs is 1. The fraction of sp³-hybridized carbons (Fsp3) is 0.273. The van der Waals surface area contributed by atoms with E-state index in [0.717, 1.165) is 18.6 Å². The number of rotatable bonds is 5. The van der Waals surface area contributed by atoms with E-state index in [9.17, 15) is 9.59 Å². The van der Waals surface area contributed by atoms with Gasteiger partial charge in [-0.3, -0.25) is 24.5 Å². The van der Waals surface area contributed by atoms with Crippen LogP contribution in [0.4, 0.5) is 0 Å². The Morgan fingerprint density at radius 1 is 0.906 bits per heavy atom. The van der Waals surface area contributed by atoms with E-state index in [-0.39, 0.29) is 11.5 Å². The molecule has 1 amide bonds. The maximum Gasteiger partial charge on any atom is 0.266 e. The molecule has 4 heterocycles. The predicted molar refractivity (Wildman–Crippen MR) is 118 cm³/mol. The second-order valence-electron chi connectivity index (χ2n) is 7.60. The second kappa shape index (κ2) is 8.67. The Morgan fingerprint density at radius 3 is 2.50 bits per heavy atom. The quantitative estimate of drug-likeness (QED) is 0.462. The zero-order valence-electron chi connectivity index (χ0n) is 17.4. The second-order valence-corrected chi connectivity index (χ2v) is 7.60. The lowest BCUT2D eigenvalue weighted by Gasteiger charge is -2.34. The Hall–Kier alpha value is -3.92. The van der Waals surface area contributed by atoms with Crippen LogP contribution >= 0.6 is 0 Å². The summed E-state index contributed by atoms with van der Waals surface area (Å²) in [4.78, 5) is 37.7. The minimum absolute atomic E-state index is 0.00186. The first kappa shape index (κ1) is 20.0. The molecule has 162 valence electrons. The number of piperazine rings is 1. The Balaban J connectivity index is 1.18. The van der Waals surface area contributed by atoms with E-state index < -0.39 is 0 Å². The number of benzene rings is 1. The molecule has 0 bridgehead atoms. The van der Waals surface area contributed by atoms with Crippen molar-refractivity contribution in [3.63, 3.8) is 0 Å². The van der Waals surface area contributed by atoms with Gasteiger partial charge in [0.1, 0.15) is 0 Å². The molecule has 1 aliphatic heterocycles. The molecule has 1 saturated heterocycles. The third-order valence-electron chi connectivity index (χ3n) is 5.60. The number of hydrogen-bond donors (Lipinski definition) is 0. The van der Waals surface area contributed by atoms with E-state index >= 15 is 0 Å². The first-order valence-corrected chi connectivity index (χ1v) is 10.5. The van der Waals surface area contributed by atoms with Crippen molar-refractivity contribution in [1.82, 2.24) is 39.3 Å². The van der Waals surface area contributed by atoms with Gasteiger partial charge in [0.15, 0.2) is 5.82 Å². The monoisotopic (exact) mass is 430 g/mol. The normalized spacial score (nSPS) is 14.7. The van der Waals surface area contributed by atoms with E-state index in [1.165, 1.54) is 10.7 Å². The highest BCUT2D eigenvalue weighted by atomic mass is 16.2. The van der Waals surface area contributed by atoms with Gasteiger partial charge in [-0.25, -0.2) is 9.36 Å². The smallest absolute Gasteiger partial charge is 0.266 e. The molecule has 0 aliphatic carbocycles. The molecule has 0 saturated carbocycles. The molecule has 3 aromatic heterocycles. The Morgan fingerprint density at radius 2 is 1.72 bits per heavy atom. The fourth-order valence-electron chi connectivity index (χ4n) is 3.81. The minimum atomic E-state index is -0.144. The van der Waals surface area contributed by atoms with Crippen LogP contribution in [0.15, 0.2) is 66.0 Å². The van der Waals surface area contributed by atoms with Crippen molar-refractivity contribution in [2.75, 3.05) is 32.7 Å². The summed E-state index contributed by atoms with van der Waals surface area (Å²) in [5.74, 6) is 0.604. The molecule has 0 radical (unpaired) electrons. The topological polar surface area (TPSA) is 102 Å². The van der Waals surface area contributed by atoms with Crippen LogP contribution in [0.25, 0.3) is 16.9 Å². The van der Waals surface area contributed by atoms with E-state index in [1.807, 2.05) is 17.0 Å². The van der Waals surface area contributed by atoms with Crippen molar-refractivity contribution in [2.45, 2.75) is 6.54 Å². The van der Waals surface area contributed by atoms with Crippen LogP contribution < -0.4 is 5.56 Å². The average molecular weight is 430 g/mol. The Labute approximate surface area is 183 Å². The van der Waals surface area contributed by atoms with Gasteiger partial charge in [-0.2, -0.15) is 5.10 Å². The summed E-state index contributed by atoms with van der Waals surface area (Å²) in [5, 5.41) is 8.57. The van der Waals surface area contributed by atoms with Crippen LogP contribution in [0.3, 0.4) is 0 Å². The number of hydrogen-bond acceptors (Lipinski definition) is 7. The van der Waals surface area contributed by atoms with Crippen LogP contribution in [-0.2, 0) is 6.54 Å². The van der Waals surface area contributed by atoms with Gasteiger partial charge in [-0.05, 0) is 30.3 Å². The number of aromatic nitrogens is 6. The van der Waals surface area contributed by atoms with E-state index in [1.54, 1.807) is 47.7 Å². The third kappa shape index (κ3) is 4.12. The first-order valence-electron chi connectivity index (χ1n) is 10.5. The SMILES string of the molecule is O=C(c1ccc2nccnc2c1)N1CCN(CCn2nc(-n3cccn3)ccc2=O)CC1. The average Bonchev–Trinajstić information content (AvgIpc) is 3.38. The largest absolute Gasteiger partial charge is 0.336 e. The molecule has 0 N–H and O–H groups in total. The Kier molecular flexibility index (Phi) is 5.42. The molecular formula is C22H22N8O2. The fourth-order valence-corrected chi connectivity index (χ4v) is 3.81. The first-order chi connectivity index (χ1) is 15.7. The predicted octanol–water partition coefficient (Wildman–Crippen LogP) is 0.830. The number of nitrogens with zero attached hydrogens (tertiary/aromatic N) is 8. The third-order valence-corrected chi connectivity index (χ3v) is 5.60. The van der Waals surface area contributed by atoms with Crippen molar-refractivity contribution in [3.8, 4) is 5.82 Å². The lowest BCUT2D eigenvalue weighted by molar-refractivity contribution is 0.0631. The van der Waals surface area contributed by atoms with Crippen LogP contribution in [-0.4, -0.2) is 78.0 Å². The zero-order valence-corrected chi connectivity index (χ0v) is 17.4. The minimum Gasteiger partial charge on any atom is -0.336 e. The Bertz CT molecular complexity index is 1290. The molecule has 0 atom stereocenters. The lowest BCUT2D eigenvalue weighted by atomic mass is 10.1. The molecule has 10 heteroatoms. The highest BCUT2D eigenvalue weighted by molar-refractivity contribution is 5.97. The van der Waals surface area contributed by atoms with Gasteiger partial charge in [0.25, 0.3) is 11.5 Å². The van der Waals surface area contributed by atoms with Crippen molar-refractivity contribution in [1.29, 1.82) is 0 Å². The van der Waals surface area contributed by atoms with Gasteiger partial charge < -0.3 is 4.90 Å². The zero-order chi connectivity index (χ0) is 21.9. The summed E-state index contributed by atoms with van der Waals surface area (Å²) < 4.78 is 3.09. The highest BCUT2D eigenvalue weighted by Gasteiger charge is 2.22. The van der Waals surface area contributed by atoms with Crippen molar-refractivity contribution in [3.05, 3.63) is 77.1 Å². The molecule has 1 fully saturated rings. The molecule has 5 rings (SSSR count). The molecule has 1 aromatic carbocycles. The summed E-state index contributed by atoms with van der Waals surface area (Å²) in [6.07, 6.45) is 6.72. The van der Waals surface area contributed by atoms with Gasteiger partial charge >= 0.3 is 0 Å². The standard InChI is InChI=1S/C22H22N8O2/c31-21-5-4-20(29-9-1-6-25-29)26-30(21)15-12-27-10-13-28(14-11-27)22(32)17-2-3-18-19(16-17)24-8-7-23-18/h1-9,16H,10-15H2. The van der Waals surface area contributed by atoms with Crippen LogP contribution in [0, 0.1) is 0 Å². The summed E-state index contributed by atoms with van der Waals surface area (Å²) in [7, 11) is 0. The number of carbonyl (C=O) groups is 1. The number of carbonyl (C=O) groups excluding carboxylic acids is 1. The molecular weight excluding hydrogens is 408 g/mol. The van der Waals surface area contributed by atoms with E-state index in [0.29, 0.717) is 43.1 Å². The summed E-state index contributed by atoms with van der Waals surface area (Å²) >= 11 is 0. The van der Waals surface area contributed by atoms with Crippen molar-refractivity contribution >= 4 is 16.9 Å². The molecule has 0 unspecified atom stereocenters. The molecule has 0 spiro atoms. The highest BCUT2D eigenvalue weighted by Crippen LogP contribution is 2.14. The number of amides is 1. The van der Waals surface area contributed by atoms with E-state index in [4.69, 9.17) is 0 Å². The molecule has 32 heavy (non-hydrogen) atoms.